The second-order valence-electron chi connectivity index (χ2n) is 4.74. The zero-order valence-corrected chi connectivity index (χ0v) is 10.8. The molecule has 94 valence electrons. The molecule has 0 spiro atoms. The maximum atomic E-state index is 5.39. The van der Waals surface area contributed by atoms with E-state index in [1.54, 1.807) is 7.11 Å². The van der Waals surface area contributed by atoms with Crippen molar-refractivity contribution < 1.29 is 4.74 Å². The van der Waals surface area contributed by atoms with E-state index in [4.69, 9.17) is 4.74 Å². The lowest BCUT2D eigenvalue weighted by Crippen LogP contribution is -2.34. The van der Waals surface area contributed by atoms with Gasteiger partial charge in [0.1, 0.15) is 5.75 Å². The maximum Gasteiger partial charge on any atom is 0.140 e. The Bertz CT molecular complexity index is 354. The molecule has 0 amide bonds. The van der Waals surface area contributed by atoms with Crippen molar-refractivity contribution in [3.63, 3.8) is 0 Å². The lowest BCUT2D eigenvalue weighted by molar-refractivity contribution is 0.235. The summed E-state index contributed by atoms with van der Waals surface area (Å²) in [6.07, 6.45) is 5.62. The molecule has 0 bridgehead atoms. The monoisotopic (exact) mass is 234 g/mol. The zero-order chi connectivity index (χ0) is 12.1. The standard InChI is InChI=1S/C14H22N2O/c1-3-8-15-10-11-6-7-12(11)14-13(17-2)5-4-9-16-14/h4-5,9,11-12,15H,3,6-8,10H2,1-2H3. The molecule has 1 aliphatic carbocycles. The molecular formula is C14H22N2O. The fraction of sp³-hybridized carbons (Fsp3) is 0.643. The summed E-state index contributed by atoms with van der Waals surface area (Å²) in [5.41, 5.74) is 1.14. The molecule has 1 aliphatic rings. The van der Waals surface area contributed by atoms with Gasteiger partial charge in [0.25, 0.3) is 0 Å². The van der Waals surface area contributed by atoms with Gasteiger partial charge in [-0.05, 0) is 50.4 Å². The van der Waals surface area contributed by atoms with Gasteiger partial charge in [0, 0.05) is 12.1 Å². The van der Waals surface area contributed by atoms with E-state index in [0.717, 1.165) is 30.5 Å². The van der Waals surface area contributed by atoms with E-state index in [9.17, 15) is 0 Å². The molecule has 2 atom stereocenters. The van der Waals surface area contributed by atoms with Crippen LogP contribution in [-0.4, -0.2) is 25.2 Å². The molecule has 0 aliphatic heterocycles. The summed E-state index contributed by atoms with van der Waals surface area (Å²) in [6, 6.07) is 3.95. The Morgan fingerprint density at radius 1 is 1.47 bits per heavy atom. The highest BCUT2D eigenvalue weighted by Crippen LogP contribution is 2.44. The molecule has 2 unspecified atom stereocenters. The van der Waals surface area contributed by atoms with Gasteiger partial charge in [0.05, 0.1) is 12.8 Å². The number of rotatable bonds is 6. The van der Waals surface area contributed by atoms with Crippen LogP contribution in [0.5, 0.6) is 5.75 Å². The first-order valence-corrected chi connectivity index (χ1v) is 6.56. The van der Waals surface area contributed by atoms with Gasteiger partial charge in [0.15, 0.2) is 0 Å². The topological polar surface area (TPSA) is 34.2 Å². The average Bonchev–Trinajstić information content (AvgIpc) is 2.34. The molecule has 0 radical (unpaired) electrons. The van der Waals surface area contributed by atoms with Crippen molar-refractivity contribution in [2.45, 2.75) is 32.1 Å². The van der Waals surface area contributed by atoms with E-state index in [1.807, 2.05) is 18.3 Å². The molecular weight excluding hydrogens is 212 g/mol. The van der Waals surface area contributed by atoms with Gasteiger partial charge in [0.2, 0.25) is 0 Å². The van der Waals surface area contributed by atoms with Crippen molar-refractivity contribution in [3.8, 4) is 5.75 Å². The third-order valence-corrected chi connectivity index (χ3v) is 3.62. The third-order valence-electron chi connectivity index (χ3n) is 3.62. The lowest BCUT2D eigenvalue weighted by atomic mass is 9.71. The molecule has 1 saturated carbocycles. The highest BCUT2D eigenvalue weighted by atomic mass is 16.5. The number of methoxy groups -OCH3 is 1. The Labute approximate surface area is 104 Å². The minimum absolute atomic E-state index is 0.579. The normalized spacial score (nSPS) is 23.2. The van der Waals surface area contributed by atoms with Crippen LogP contribution in [0.15, 0.2) is 18.3 Å². The van der Waals surface area contributed by atoms with Crippen LogP contribution in [0, 0.1) is 5.92 Å². The van der Waals surface area contributed by atoms with Crippen LogP contribution in [-0.2, 0) is 0 Å². The first-order chi connectivity index (χ1) is 8.36. The van der Waals surface area contributed by atoms with Gasteiger partial charge in [-0.3, -0.25) is 4.98 Å². The molecule has 3 nitrogen and oxygen atoms in total. The van der Waals surface area contributed by atoms with Crippen molar-refractivity contribution in [1.29, 1.82) is 0 Å². The Hall–Kier alpha value is -1.09. The first kappa shape index (κ1) is 12.4. The summed E-state index contributed by atoms with van der Waals surface area (Å²) in [5, 5.41) is 3.51. The summed E-state index contributed by atoms with van der Waals surface area (Å²) >= 11 is 0. The minimum Gasteiger partial charge on any atom is -0.495 e. The Balaban J connectivity index is 1.97. The number of aromatic nitrogens is 1. The van der Waals surface area contributed by atoms with Crippen molar-refractivity contribution in [3.05, 3.63) is 24.0 Å². The average molecular weight is 234 g/mol. The van der Waals surface area contributed by atoms with Crippen LogP contribution in [0.25, 0.3) is 0 Å². The second-order valence-corrected chi connectivity index (χ2v) is 4.74. The second kappa shape index (κ2) is 6.01. The van der Waals surface area contributed by atoms with Crippen LogP contribution >= 0.6 is 0 Å². The molecule has 1 aromatic heterocycles. The predicted octanol–water partition coefficient (Wildman–Crippen LogP) is 2.58. The van der Waals surface area contributed by atoms with Crippen molar-refractivity contribution >= 4 is 0 Å². The summed E-state index contributed by atoms with van der Waals surface area (Å²) in [4.78, 5) is 4.50. The Morgan fingerprint density at radius 3 is 3.00 bits per heavy atom. The zero-order valence-electron chi connectivity index (χ0n) is 10.8. The van der Waals surface area contributed by atoms with E-state index >= 15 is 0 Å². The summed E-state index contributed by atoms with van der Waals surface area (Å²) in [5.74, 6) is 2.25. The van der Waals surface area contributed by atoms with Gasteiger partial charge >= 0.3 is 0 Å². The SMILES string of the molecule is CCCNCC1CCC1c1ncccc1OC. The van der Waals surface area contributed by atoms with Gasteiger partial charge in [-0.25, -0.2) is 0 Å². The molecule has 1 aromatic rings. The minimum atomic E-state index is 0.579. The largest absolute Gasteiger partial charge is 0.495 e. The van der Waals surface area contributed by atoms with Crippen molar-refractivity contribution in [1.82, 2.24) is 10.3 Å². The Kier molecular flexibility index (Phi) is 4.37. The van der Waals surface area contributed by atoms with Crippen molar-refractivity contribution in [2.24, 2.45) is 5.92 Å². The quantitative estimate of drug-likeness (QED) is 0.768. The van der Waals surface area contributed by atoms with Crippen LogP contribution in [0.1, 0.15) is 37.8 Å². The number of hydrogen-bond donors (Lipinski definition) is 1. The number of nitrogens with one attached hydrogen (secondary N) is 1. The van der Waals surface area contributed by atoms with Crippen LogP contribution in [0.3, 0.4) is 0 Å². The van der Waals surface area contributed by atoms with Gasteiger partial charge < -0.3 is 10.1 Å². The lowest BCUT2D eigenvalue weighted by Gasteiger charge is -2.37. The Morgan fingerprint density at radius 2 is 2.35 bits per heavy atom. The summed E-state index contributed by atoms with van der Waals surface area (Å²) in [7, 11) is 1.73. The van der Waals surface area contributed by atoms with Crippen molar-refractivity contribution in [2.75, 3.05) is 20.2 Å². The predicted molar refractivity (Wildman–Crippen MR) is 69.4 cm³/mol. The van der Waals surface area contributed by atoms with E-state index < -0.39 is 0 Å². The highest BCUT2D eigenvalue weighted by molar-refractivity contribution is 5.31. The van der Waals surface area contributed by atoms with Gasteiger partial charge in [-0.15, -0.1) is 0 Å². The molecule has 1 fully saturated rings. The number of ether oxygens (including phenoxy) is 1. The molecule has 0 saturated heterocycles. The van der Waals surface area contributed by atoms with E-state index in [2.05, 4.69) is 17.2 Å². The first-order valence-electron chi connectivity index (χ1n) is 6.56. The van der Waals surface area contributed by atoms with E-state index in [-0.39, 0.29) is 0 Å². The maximum absolute atomic E-state index is 5.39. The fourth-order valence-corrected chi connectivity index (χ4v) is 2.49. The van der Waals surface area contributed by atoms with E-state index in [0.29, 0.717) is 5.92 Å². The summed E-state index contributed by atoms with van der Waals surface area (Å²) < 4.78 is 5.39. The van der Waals surface area contributed by atoms with Gasteiger partial charge in [-0.1, -0.05) is 6.92 Å². The molecule has 1 heterocycles. The molecule has 17 heavy (non-hydrogen) atoms. The smallest absolute Gasteiger partial charge is 0.140 e. The van der Waals surface area contributed by atoms with E-state index in [1.165, 1.54) is 19.3 Å². The molecule has 3 heteroatoms. The van der Waals surface area contributed by atoms with Crippen LogP contribution < -0.4 is 10.1 Å². The summed E-state index contributed by atoms with van der Waals surface area (Å²) in [6.45, 7) is 4.42. The van der Waals surface area contributed by atoms with Crippen LogP contribution in [0.2, 0.25) is 0 Å². The number of pyridine rings is 1. The van der Waals surface area contributed by atoms with Gasteiger partial charge in [-0.2, -0.15) is 0 Å². The number of hydrogen-bond acceptors (Lipinski definition) is 3. The molecule has 2 rings (SSSR count). The fourth-order valence-electron chi connectivity index (χ4n) is 2.49. The number of nitrogens with zero attached hydrogens (tertiary/aromatic N) is 1. The highest BCUT2D eigenvalue weighted by Gasteiger charge is 2.34. The molecule has 0 aromatic carbocycles. The van der Waals surface area contributed by atoms with Crippen LogP contribution in [0.4, 0.5) is 0 Å². The third kappa shape index (κ3) is 2.78. The molecule has 1 N–H and O–H groups in total.